The van der Waals surface area contributed by atoms with Crippen LogP contribution in [-0.2, 0) is 6.42 Å². The molecule has 1 aromatic carbocycles. The minimum absolute atomic E-state index is 0.0279. The molecule has 0 saturated carbocycles. The van der Waals surface area contributed by atoms with Gasteiger partial charge in [-0.05, 0) is 39.0 Å². The van der Waals surface area contributed by atoms with Gasteiger partial charge in [0.2, 0.25) is 0 Å². The average Bonchev–Trinajstić information content (AvgIpc) is 3.01. The predicted molar refractivity (Wildman–Crippen MR) is 78.9 cm³/mol. The minimum atomic E-state index is -0.0542. The molecule has 3 rings (SSSR count). The Morgan fingerprint density at radius 3 is 3.00 bits per heavy atom. The molecule has 0 fully saturated rings. The summed E-state index contributed by atoms with van der Waals surface area (Å²) in [5, 5.41) is 4.81. The molecule has 0 spiro atoms. The van der Waals surface area contributed by atoms with E-state index in [9.17, 15) is 4.79 Å². The molecule has 0 radical (unpaired) electrons. The average molecular weight is 338 g/mol. The Kier molecular flexibility index (Phi) is 3.57. The van der Waals surface area contributed by atoms with Gasteiger partial charge in [-0.1, -0.05) is 18.2 Å². The van der Waals surface area contributed by atoms with Gasteiger partial charge in [0.1, 0.15) is 16.7 Å². The highest BCUT2D eigenvalue weighted by Crippen LogP contribution is 2.28. The fourth-order valence-corrected chi connectivity index (χ4v) is 3.58. The van der Waals surface area contributed by atoms with Crippen molar-refractivity contribution in [3.8, 4) is 5.75 Å². The van der Waals surface area contributed by atoms with Crippen LogP contribution in [0.4, 0.5) is 0 Å². The molecule has 1 atom stereocenters. The van der Waals surface area contributed by atoms with E-state index >= 15 is 0 Å². The SMILES string of the molecule is O=C(NCC1Cc2ccccc2O1)c1sccc1Br. The van der Waals surface area contributed by atoms with Crippen molar-refractivity contribution in [1.29, 1.82) is 0 Å². The summed E-state index contributed by atoms with van der Waals surface area (Å²) < 4.78 is 6.62. The van der Waals surface area contributed by atoms with Crippen LogP contribution in [-0.4, -0.2) is 18.6 Å². The number of para-hydroxylation sites is 1. The van der Waals surface area contributed by atoms with Crippen LogP contribution < -0.4 is 10.1 Å². The van der Waals surface area contributed by atoms with Crippen molar-refractivity contribution < 1.29 is 9.53 Å². The molecule has 1 aromatic heterocycles. The summed E-state index contributed by atoms with van der Waals surface area (Å²) in [5.41, 5.74) is 1.21. The van der Waals surface area contributed by atoms with E-state index < -0.39 is 0 Å². The first-order chi connectivity index (χ1) is 9.24. The number of hydrogen-bond acceptors (Lipinski definition) is 3. The molecular formula is C14H12BrNO2S. The molecule has 19 heavy (non-hydrogen) atoms. The van der Waals surface area contributed by atoms with Gasteiger partial charge in [0.15, 0.2) is 0 Å². The molecular weight excluding hydrogens is 326 g/mol. The third-order valence-electron chi connectivity index (χ3n) is 3.03. The van der Waals surface area contributed by atoms with E-state index in [0.29, 0.717) is 11.4 Å². The van der Waals surface area contributed by atoms with Gasteiger partial charge in [-0.25, -0.2) is 0 Å². The third kappa shape index (κ3) is 2.67. The van der Waals surface area contributed by atoms with Crippen molar-refractivity contribution in [3.63, 3.8) is 0 Å². The number of ether oxygens (including phenoxy) is 1. The van der Waals surface area contributed by atoms with Crippen molar-refractivity contribution in [2.45, 2.75) is 12.5 Å². The molecule has 2 aromatic rings. The summed E-state index contributed by atoms with van der Waals surface area (Å²) in [6, 6.07) is 9.87. The Bertz CT molecular complexity index is 586. The normalized spacial score (nSPS) is 16.8. The van der Waals surface area contributed by atoms with Crippen LogP contribution in [0.2, 0.25) is 0 Å². The van der Waals surface area contributed by atoms with E-state index in [1.165, 1.54) is 16.9 Å². The zero-order valence-electron chi connectivity index (χ0n) is 10.1. The fraction of sp³-hybridized carbons (Fsp3) is 0.214. The maximum Gasteiger partial charge on any atom is 0.262 e. The molecule has 3 nitrogen and oxygen atoms in total. The van der Waals surface area contributed by atoms with Gasteiger partial charge in [-0.3, -0.25) is 4.79 Å². The maximum absolute atomic E-state index is 12.0. The van der Waals surface area contributed by atoms with Gasteiger partial charge >= 0.3 is 0 Å². The summed E-state index contributed by atoms with van der Waals surface area (Å²) in [5.74, 6) is 0.875. The lowest BCUT2D eigenvalue weighted by Gasteiger charge is -2.11. The number of carbonyl (C=O) groups excluding carboxylic acids is 1. The van der Waals surface area contributed by atoms with Gasteiger partial charge in [-0.15, -0.1) is 11.3 Å². The van der Waals surface area contributed by atoms with Gasteiger partial charge in [0, 0.05) is 10.9 Å². The number of thiophene rings is 1. The lowest BCUT2D eigenvalue weighted by molar-refractivity contribution is 0.0937. The molecule has 0 aliphatic carbocycles. The Balaban J connectivity index is 1.58. The molecule has 0 bridgehead atoms. The maximum atomic E-state index is 12.0. The number of carbonyl (C=O) groups is 1. The Hall–Kier alpha value is -1.33. The first-order valence-corrected chi connectivity index (χ1v) is 7.67. The summed E-state index contributed by atoms with van der Waals surface area (Å²) in [6.45, 7) is 0.526. The second-order valence-electron chi connectivity index (χ2n) is 4.36. The van der Waals surface area contributed by atoms with Crippen LogP contribution in [0, 0.1) is 0 Å². The van der Waals surface area contributed by atoms with Crippen LogP contribution in [0.25, 0.3) is 0 Å². The van der Waals surface area contributed by atoms with Crippen molar-refractivity contribution >= 4 is 33.2 Å². The van der Waals surface area contributed by atoms with E-state index in [1.54, 1.807) is 0 Å². The van der Waals surface area contributed by atoms with E-state index in [2.05, 4.69) is 27.3 Å². The second-order valence-corrected chi connectivity index (χ2v) is 6.13. The standard InChI is InChI=1S/C14H12BrNO2S/c15-11-5-6-19-13(11)14(17)16-8-10-7-9-3-1-2-4-12(9)18-10/h1-6,10H,7-8H2,(H,16,17). The first-order valence-electron chi connectivity index (χ1n) is 6.00. The summed E-state index contributed by atoms with van der Waals surface area (Å²) in [7, 11) is 0. The fourth-order valence-electron chi connectivity index (χ4n) is 2.11. The monoisotopic (exact) mass is 337 g/mol. The largest absolute Gasteiger partial charge is 0.488 e. The van der Waals surface area contributed by atoms with Crippen molar-refractivity contribution in [1.82, 2.24) is 5.32 Å². The molecule has 1 unspecified atom stereocenters. The van der Waals surface area contributed by atoms with Gasteiger partial charge < -0.3 is 10.1 Å². The number of amides is 1. The highest BCUT2D eigenvalue weighted by atomic mass is 79.9. The number of hydrogen-bond donors (Lipinski definition) is 1. The van der Waals surface area contributed by atoms with E-state index in [1.807, 2.05) is 29.6 Å². The lowest BCUT2D eigenvalue weighted by atomic mass is 10.1. The third-order valence-corrected chi connectivity index (χ3v) is 4.86. The predicted octanol–water partition coefficient (Wildman–Crippen LogP) is 3.24. The second kappa shape index (κ2) is 5.35. The topological polar surface area (TPSA) is 38.3 Å². The van der Waals surface area contributed by atoms with Crippen LogP contribution in [0.15, 0.2) is 40.2 Å². The molecule has 1 aliphatic heterocycles. The van der Waals surface area contributed by atoms with Gasteiger partial charge in [-0.2, -0.15) is 0 Å². The smallest absolute Gasteiger partial charge is 0.262 e. The highest BCUT2D eigenvalue weighted by Gasteiger charge is 2.23. The first kappa shape index (κ1) is 12.7. The lowest BCUT2D eigenvalue weighted by Crippen LogP contribution is -2.34. The van der Waals surface area contributed by atoms with E-state index in [4.69, 9.17) is 4.74 Å². The van der Waals surface area contributed by atoms with Crippen molar-refractivity contribution in [2.24, 2.45) is 0 Å². The molecule has 1 N–H and O–H groups in total. The Labute approximate surface area is 123 Å². The number of halogens is 1. The van der Waals surface area contributed by atoms with E-state index in [0.717, 1.165) is 16.6 Å². The summed E-state index contributed by atoms with van der Waals surface area (Å²) >= 11 is 4.79. The molecule has 0 saturated heterocycles. The van der Waals surface area contributed by atoms with Crippen molar-refractivity contribution in [2.75, 3.05) is 6.54 Å². The Morgan fingerprint density at radius 1 is 1.42 bits per heavy atom. The number of benzene rings is 1. The Morgan fingerprint density at radius 2 is 2.26 bits per heavy atom. The van der Waals surface area contributed by atoms with Crippen LogP contribution in [0.5, 0.6) is 5.75 Å². The molecule has 1 aliphatic rings. The van der Waals surface area contributed by atoms with E-state index in [-0.39, 0.29) is 12.0 Å². The number of rotatable bonds is 3. The van der Waals surface area contributed by atoms with Crippen LogP contribution >= 0.6 is 27.3 Å². The quantitative estimate of drug-likeness (QED) is 0.933. The number of fused-ring (bicyclic) bond motifs is 1. The zero-order chi connectivity index (χ0) is 13.2. The van der Waals surface area contributed by atoms with Gasteiger partial charge in [0.25, 0.3) is 5.91 Å². The molecule has 98 valence electrons. The van der Waals surface area contributed by atoms with Crippen LogP contribution in [0.1, 0.15) is 15.2 Å². The molecule has 5 heteroatoms. The molecule has 1 amide bonds. The summed E-state index contributed by atoms with van der Waals surface area (Å²) in [4.78, 5) is 12.7. The molecule has 2 heterocycles. The van der Waals surface area contributed by atoms with Gasteiger partial charge in [0.05, 0.1) is 6.54 Å². The highest BCUT2D eigenvalue weighted by molar-refractivity contribution is 9.10. The van der Waals surface area contributed by atoms with Crippen LogP contribution in [0.3, 0.4) is 0 Å². The minimum Gasteiger partial charge on any atom is -0.488 e. The van der Waals surface area contributed by atoms with Crippen molar-refractivity contribution in [3.05, 3.63) is 50.6 Å². The summed E-state index contributed by atoms with van der Waals surface area (Å²) in [6.07, 6.45) is 0.877. The number of nitrogens with one attached hydrogen (secondary N) is 1. The zero-order valence-corrected chi connectivity index (χ0v) is 12.5.